The minimum atomic E-state index is -0.0983. The number of amides is 1. The molecular weight excluding hydrogens is 420 g/mol. The molecule has 1 fully saturated rings. The van der Waals surface area contributed by atoms with Crippen LogP contribution < -0.4 is 10.1 Å². The summed E-state index contributed by atoms with van der Waals surface area (Å²) in [5, 5.41) is 8.52. The molecule has 0 saturated heterocycles. The molecule has 1 amide bonds. The van der Waals surface area contributed by atoms with E-state index in [2.05, 4.69) is 36.9 Å². The Hall–Kier alpha value is -3.40. The molecule has 1 aliphatic rings. The quantitative estimate of drug-likeness (QED) is 0.409. The average molecular weight is 443 g/mol. The average Bonchev–Trinajstić information content (AvgIpc) is 3.34. The number of hydrogen-bond donors (Lipinski definition) is 2. The van der Waals surface area contributed by atoms with Crippen molar-refractivity contribution in [3.8, 4) is 5.88 Å². The van der Waals surface area contributed by atoms with Gasteiger partial charge in [0.25, 0.3) is 0 Å². The highest BCUT2D eigenvalue weighted by atomic mass is 35.5. The summed E-state index contributed by atoms with van der Waals surface area (Å²) < 4.78 is 7.88. The zero-order chi connectivity index (χ0) is 22.0. The molecule has 0 unspecified atom stereocenters. The van der Waals surface area contributed by atoms with Gasteiger partial charge in [-0.25, -0.2) is 0 Å². The van der Waals surface area contributed by atoms with Gasteiger partial charge in [-0.3, -0.25) is 14.5 Å². The molecule has 0 aromatic carbocycles. The number of nitrogens with zero attached hydrogens (tertiary/aromatic N) is 6. The zero-order valence-corrected chi connectivity index (χ0v) is 18.0. The highest BCUT2D eigenvalue weighted by molar-refractivity contribution is 6.35. The molecule has 2 N–H and O–H groups in total. The number of halogens is 1. The summed E-state index contributed by atoms with van der Waals surface area (Å²) in [6, 6.07) is 0.115. The Kier molecular flexibility index (Phi) is 5.90. The van der Waals surface area contributed by atoms with E-state index < -0.39 is 0 Å². The van der Waals surface area contributed by atoms with Crippen LogP contribution in [0.4, 0.5) is 11.6 Å². The first-order valence-corrected chi connectivity index (χ1v) is 10.2. The van der Waals surface area contributed by atoms with E-state index in [0.717, 1.165) is 5.69 Å². The molecule has 3 heterocycles. The van der Waals surface area contributed by atoms with Crippen molar-refractivity contribution in [2.24, 2.45) is 4.99 Å². The Bertz CT molecular complexity index is 1130. The summed E-state index contributed by atoms with van der Waals surface area (Å²) in [7, 11) is 3.49. The van der Waals surface area contributed by atoms with Crippen LogP contribution in [-0.2, 0) is 11.3 Å². The van der Waals surface area contributed by atoms with Crippen molar-refractivity contribution >= 4 is 46.4 Å². The summed E-state index contributed by atoms with van der Waals surface area (Å²) in [6.45, 7) is 4.10. The van der Waals surface area contributed by atoms with Crippen LogP contribution in [0.5, 0.6) is 5.88 Å². The molecule has 10 nitrogen and oxygen atoms in total. The Morgan fingerprint density at radius 3 is 3.06 bits per heavy atom. The predicted octanol–water partition coefficient (Wildman–Crippen LogP) is 2.81. The lowest BCUT2D eigenvalue weighted by molar-refractivity contribution is -0.130. The summed E-state index contributed by atoms with van der Waals surface area (Å²) in [5.74, 6) is 0.656. The third-order valence-electron chi connectivity index (χ3n) is 5.21. The van der Waals surface area contributed by atoms with Gasteiger partial charge in [0.15, 0.2) is 0 Å². The van der Waals surface area contributed by atoms with Gasteiger partial charge in [0.2, 0.25) is 17.7 Å². The SMILES string of the molecule is C=CC(=O)N(C)C1CC(Oc2nc(Nc3cnn(CC=NC)c3)nc3[nH]cc(Cl)c23)C1. The van der Waals surface area contributed by atoms with Gasteiger partial charge in [0, 0.05) is 51.6 Å². The van der Waals surface area contributed by atoms with Crippen LogP contribution in [-0.4, -0.2) is 68.0 Å². The Labute approximate surface area is 184 Å². The van der Waals surface area contributed by atoms with Crippen LogP contribution in [0, 0.1) is 0 Å². The van der Waals surface area contributed by atoms with Crippen molar-refractivity contribution in [1.29, 1.82) is 0 Å². The number of carbonyl (C=O) groups excluding carboxylic acids is 1. The summed E-state index contributed by atoms with van der Waals surface area (Å²) in [4.78, 5) is 29.5. The fourth-order valence-corrected chi connectivity index (χ4v) is 3.58. The Morgan fingerprint density at radius 2 is 2.32 bits per heavy atom. The summed E-state index contributed by atoms with van der Waals surface area (Å²) in [6.07, 6.45) is 9.59. The molecule has 31 heavy (non-hydrogen) atoms. The number of rotatable bonds is 8. The van der Waals surface area contributed by atoms with Crippen molar-refractivity contribution < 1.29 is 9.53 Å². The second kappa shape index (κ2) is 8.76. The van der Waals surface area contributed by atoms with Gasteiger partial charge in [-0.2, -0.15) is 15.1 Å². The molecule has 162 valence electrons. The minimum absolute atomic E-state index is 0.0712. The van der Waals surface area contributed by atoms with Crippen molar-refractivity contribution in [3.05, 3.63) is 36.3 Å². The smallest absolute Gasteiger partial charge is 0.245 e. The summed E-state index contributed by atoms with van der Waals surface area (Å²) >= 11 is 6.32. The lowest BCUT2D eigenvalue weighted by Crippen LogP contribution is -2.49. The lowest BCUT2D eigenvalue weighted by Gasteiger charge is -2.40. The molecule has 0 radical (unpaired) electrons. The molecule has 1 saturated carbocycles. The van der Waals surface area contributed by atoms with Gasteiger partial charge in [-0.1, -0.05) is 18.2 Å². The largest absolute Gasteiger partial charge is 0.474 e. The number of H-pyrrole nitrogens is 1. The summed E-state index contributed by atoms with van der Waals surface area (Å²) in [5.41, 5.74) is 1.30. The van der Waals surface area contributed by atoms with E-state index in [-0.39, 0.29) is 18.1 Å². The van der Waals surface area contributed by atoms with E-state index in [0.29, 0.717) is 47.3 Å². The number of ether oxygens (including phenoxy) is 1. The topological polar surface area (TPSA) is 113 Å². The first kappa shape index (κ1) is 20.9. The Balaban J connectivity index is 1.50. The molecule has 0 atom stereocenters. The zero-order valence-electron chi connectivity index (χ0n) is 17.2. The monoisotopic (exact) mass is 442 g/mol. The van der Waals surface area contributed by atoms with Crippen molar-refractivity contribution in [2.45, 2.75) is 31.5 Å². The van der Waals surface area contributed by atoms with E-state index >= 15 is 0 Å². The van der Waals surface area contributed by atoms with E-state index in [9.17, 15) is 4.79 Å². The first-order chi connectivity index (χ1) is 15.0. The van der Waals surface area contributed by atoms with E-state index in [4.69, 9.17) is 16.3 Å². The normalized spacial score (nSPS) is 18.2. The van der Waals surface area contributed by atoms with Crippen LogP contribution in [0.3, 0.4) is 0 Å². The highest BCUT2D eigenvalue weighted by Gasteiger charge is 2.36. The third-order valence-corrected chi connectivity index (χ3v) is 5.51. The van der Waals surface area contributed by atoms with Crippen LogP contribution in [0.1, 0.15) is 12.8 Å². The highest BCUT2D eigenvalue weighted by Crippen LogP contribution is 2.35. The van der Waals surface area contributed by atoms with Crippen molar-refractivity contribution in [3.63, 3.8) is 0 Å². The minimum Gasteiger partial charge on any atom is -0.474 e. The maximum Gasteiger partial charge on any atom is 0.245 e. The molecule has 0 aliphatic heterocycles. The van der Waals surface area contributed by atoms with Crippen LogP contribution in [0.25, 0.3) is 11.0 Å². The molecule has 1 aliphatic carbocycles. The number of anilines is 2. The molecule has 11 heteroatoms. The lowest BCUT2D eigenvalue weighted by atomic mass is 9.88. The Morgan fingerprint density at radius 1 is 1.52 bits per heavy atom. The maximum absolute atomic E-state index is 11.8. The van der Waals surface area contributed by atoms with Crippen LogP contribution in [0.2, 0.25) is 5.02 Å². The number of hydrogen-bond acceptors (Lipinski definition) is 7. The number of fused-ring (bicyclic) bond motifs is 1. The molecule has 0 spiro atoms. The van der Waals surface area contributed by atoms with Crippen LogP contribution >= 0.6 is 11.6 Å². The third kappa shape index (κ3) is 4.38. The molecule has 4 rings (SSSR count). The first-order valence-electron chi connectivity index (χ1n) is 9.79. The molecular formula is C20H23ClN8O2. The van der Waals surface area contributed by atoms with Gasteiger partial charge in [-0.05, 0) is 6.08 Å². The van der Waals surface area contributed by atoms with Gasteiger partial charge in [0.1, 0.15) is 11.8 Å². The number of aliphatic imine (C=N–C) groups is 1. The van der Waals surface area contributed by atoms with Crippen molar-refractivity contribution in [2.75, 3.05) is 19.4 Å². The van der Waals surface area contributed by atoms with Crippen molar-refractivity contribution in [1.82, 2.24) is 29.6 Å². The predicted molar refractivity (Wildman–Crippen MR) is 119 cm³/mol. The number of aromatic amines is 1. The molecule has 3 aromatic heterocycles. The fourth-order valence-electron chi connectivity index (χ4n) is 3.36. The number of aromatic nitrogens is 5. The van der Waals surface area contributed by atoms with Gasteiger partial charge in [0.05, 0.1) is 28.8 Å². The van der Waals surface area contributed by atoms with E-state index in [1.165, 1.54) is 6.08 Å². The standard InChI is InChI=1S/C20H23ClN8O2/c1-4-16(30)28(3)13-7-14(8-13)31-19-17-15(21)10-23-18(17)26-20(27-19)25-12-9-24-29(11-12)6-5-22-2/h4-5,9-11,13-14H,1,6-8H2,2-3H3,(H2,23,25,26,27). The second-order valence-corrected chi connectivity index (χ2v) is 7.65. The van der Waals surface area contributed by atoms with E-state index in [1.54, 1.807) is 42.3 Å². The van der Waals surface area contributed by atoms with Crippen LogP contribution in [0.15, 0.2) is 36.2 Å². The van der Waals surface area contributed by atoms with E-state index in [1.807, 2.05) is 6.20 Å². The van der Waals surface area contributed by atoms with Gasteiger partial charge in [-0.15, -0.1) is 0 Å². The van der Waals surface area contributed by atoms with Gasteiger partial charge < -0.3 is 19.9 Å². The number of nitrogens with one attached hydrogen (secondary N) is 2. The fraction of sp³-hybridized carbons (Fsp3) is 0.350. The molecule has 0 bridgehead atoms. The van der Waals surface area contributed by atoms with Gasteiger partial charge >= 0.3 is 0 Å². The second-order valence-electron chi connectivity index (χ2n) is 7.25. The number of likely N-dealkylation sites (N-methyl/N-ethyl adjacent to an activating group) is 1. The molecule has 3 aromatic rings. The maximum atomic E-state index is 11.8. The number of carbonyl (C=O) groups is 1.